The summed E-state index contributed by atoms with van der Waals surface area (Å²) < 4.78 is 21.4. The second-order valence-electron chi connectivity index (χ2n) is 10.4. The van der Waals surface area contributed by atoms with Crippen LogP contribution >= 0.6 is 0 Å². The van der Waals surface area contributed by atoms with Crippen molar-refractivity contribution in [1.29, 1.82) is 0 Å². The second kappa shape index (κ2) is 9.01. The van der Waals surface area contributed by atoms with Crippen molar-refractivity contribution in [2.45, 2.75) is 25.3 Å². The molecule has 0 unspecified atom stereocenters. The van der Waals surface area contributed by atoms with E-state index in [1.807, 2.05) is 16.8 Å². The summed E-state index contributed by atoms with van der Waals surface area (Å²) in [5, 5.41) is 5.52. The van der Waals surface area contributed by atoms with Crippen molar-refractivity contribution in [3.05, 3.63) is 54.7 Å². The fourth-order valence-corrected chi connectivity index (χ4v) is 5.82. The first-order valence-corrected chi connectivity index (χ1v) is 12.7. The van der Waals surface area contributed by atoms with Crippen molar-refractivity contribution in [1.82, 2.24) is 24.4 Å². The number of hydrogen-bond donors (Lipinski definition) is 0. The van der Waals surface area contributed by atoms with E-state index >= 15 is 0 Å². The normalized spacial score (nSPS) is 19.3. The molecule has 7 nitrogen and oxygen atoms in total. The Bertz CT molecular complexity index is 1400. The second-order valence-corrected chi connectivity index (χ2v) is 10.4. The van der Waals surface area contributed by atoms with Gasteiger partial charge in [0, 0.05) is 68.0 Å². The highest BCUT2D eigenvalue weighted by Crippen LogP contribution is 2.36. The van der Waals surface area contributed by atoms with Crippen molar-refractivity contribution in [2.24, 2.45) is 0 Å². The SMILES string of the molecule is COc1cc2c(-c3cnn4cc(N5CCC(C)(N6CCN(C)CC6)CC5)ccc34)ccnc2cc1F. The van der Waals surface area contributed by atoms with Crippen LogP contribution in [-0.4, -0.2) is 83.4 Å². The zero-order chi connectivity index (χ0) is 24.9. The summed E-state index contributed by atoms with van der Waals surface area (Å²) in [5.41, 5.74) is 5.03. The van der Waals surface area contributed by atoms with E-state index < -0.39 is 5.82 Å². The molecule has 5 heterocycles. The summed E-state index contributed by atoms with van der Waals surface area (Å²) in [7, 11) is 3.69. The number of anilines is 1. The third kappa shape index (κ3) is 3.98. The molecule has 3 aromatic heterocycles. The molecule has 0 atom stereocenters. The Morgan fingerprint density at radius 1 is 0.972 bits per heavy atom. The topological polar surface area (TPSA) is 49.1 Å². The minimum absolute atomic E-state index is 0.212. The summed E-state index contributed by atoms with van der Waals surface area (Å²) in [6, 6.07) is 9.43. The highest BCUT2D eigenvalue weighted by Gasteiger charge is 2.36. The molecule has 8 heteroatoms. The lowest BCUT2D eigenvalue weighted by Gasteiger charge is -2.49. The molecule has 1 aromatic carbocycles. The molecule has 2 saturated heterocycles. The van der Waals surface area contributed by atoms with E-state index in [0.29, 0.717) is 5.52 Å². The van der Waals surface area contributed by atoms with Crippen LogP contribution in [0.3, 0.4) is 0 Å². The minimum Gasteiger partial charge on any atom is -0.494 e. The van der Waals surface area contributed by atoms with Crippen LogP contribution < -0.4 is 9.64 Å². The van der Waals surface area contributed by atoms with Crippen LogP contribution in [0.25, 0.3) is 27.5 Å². The Kier molecular flexibility index (Phi) is 5.80. The smallest absolute Gasteiger partial charge is 0.167 e. The standard InChI is InChI=1S/C28H33FN6O/c1-28(34-14-12-32(2)13-15-34)7-10-33(11-8-28)20-4-5-26-23(18-31-35(26)19-20)21-6-9-30-25-17-24(29)27(36-3)16-22(21)25/h4-6,9,16-19H,7-8,10-15H2,1-3H3. The molecular weight excluding hydrogens is 455 g/mol. The number of rotatable bonds is 4. The lowest BCUT2D eigenvalue weighted by atomic mass is 9.87. The number of ether oxygens (including phenoxy) is 1. The van der Waals surface area contributed by atoms with Gasteiger partial charge in [-0.25, -0.2) is 8.91 Å². The van der Waals surface area contributed by atoms with Crippen molar-refractivity contribution >= 4 is 22.1 Å². The first kappa shape index (κ1) is 23.2. The summed E-state index contributed by atoms with van der Waals surface area (Å²) in [6.45, 7) is 9.18. The summed E-state index contributed by atoms with van der Waals surface area (Å²) in [5.74, 6) is -0.200. The van der Waals surface area contributed by atoms with Gasteiger partial charge in [0.15, 0.2) is 11.6 Å². The zero-order valence-corrected chi connectivity index (χ0v) is 21.2. The molecule has 6 rings (SSSR count). The van der Waals surface area contributed by atoms with Gasteiger partial charge in [0.05, 0.1) is 36.2 Å². The number of piperazine rings is 1. The molecule has 36 heavy (non-hydrogen) atoms. The minimum atomic E-state index is -0.413. The maximum absolute atomic E-state index is 14.2. The van der Waals surface area contributed by atoms with E-state index in [9.17, 15) is 4.39 Å². The van der Waals surface area contributed by atoms with Crippen LogP contribution in [0, 0.1) is 5.82 Å². The predicted molar refractivity (Wildman–Crippen MR) is 141 cm³/mol. The molecule has 2 aliphatic rings. The number of nitrogens with zero attached hydrogens (tertiary/aromatic N) is 6. The van der Waals surface area contributed by atoms with Crippen molar-refractivity contribution in [3.63, 3.8) is 0 Å². The third-order valence-electron chi connectivity index (χ3n) is 8.28. The molecule has 2 aliphatic heterocycles. The molecule has 0 N–H and O–H groups in total. The fraction of sp³-hybridized carbons (Fsp3) is 0.429. The Hall–Kier alpha value is -3.23. The Morgan fingerprint density at radius 2 is 1.75 bits per heavy atom. The van der Waals surface area contributed by atoms with E-state index in [0.717, 1.165) is 61.3 Å². The molecule has 0 radical (unpaired) electrons. The highest BCUT2D eigenvalue weighted by molar-refractivity contribution is 5.99. The monoisotopic (exact) mass is 488 g/mol. The number of aromatic nitrogens is 3. The van der Waals surface area contributed by atoms with Gasteiger partial charge in [-0.1, -0.05) is 0 Å². The van der Waals surface area contributed by atoms with Crippen molar-refractivity contribution < 1.29 is 9.13 Å². The molecular formula is C28H33FN6O. The fourth-order valence-electron chi connectivity index (χ4n) is 5.82. The van der Waals surface area contributed by atoms with Gasteiger partial charge in [-0.05, 0) is 56.6 Å². The van der Waals surface area contributed by atoms with Crippen LogP contribution in [-0.2, 0) is 0 Å². The summed E-state index contributed by atoms with van der Waals surface area (Å²) in [6.07, 6.45) is 8.05. The largest absolute Gasteiger partial charge is 0.494 e. The van der Waals surface area contributed by atoms with Gasteiger partial charge in [0.25, 0.3) is 0 Å². The average Bonchev–Trinajstić information content (AvgIpc) is 3.32. The van der Waals surface area contributed by atoms with Gasteiger partial charge in [-0.3, -0.25) is 9.88 Å². The molecule has 0 spiro atoms. The molecule has 0 bridgehead atoms. The molecule has 0 saturated carbocycles. The highest BCUT2D eigenvalue weighted by atomic mass is 19.1. The lowest BCUT2D eigenvalue weighted by Crippen LogP contribution is -2.58. The number of fused-ring (bicyclic) bond motifs is 2. The summed E-state index contributed by atoms with van der Waals surface area (Å²) >= 11 is 0. The number of halogens is 1. The third-order valence-corrected chi connectivity index (χ3v) is 8.28. The number of piperidine rings is 1. The Morgan fingerprint density at radius 3 is 2.50 bits per heavy atom. The average molecular weight is 489 g/mol. The maximum Gasteiger partial charge on any atom is 0.167 e. The number of pyridine rings is 2. The molecule has 4 aromatic rings. The van der Waals surface area contributed by atoms with Crippen molar-refractivity contribution in [3.8, 4) is 16.9 Å². The van der Waals surface area contributed by atoms with Gasteiger partial charge >= 0.3 is 0 Å². The number of hydrogen-bond acceptors (Lipinski definition) is 6. The predicted octanol–water partition coefficient (Wildman–Crippen LogP) is 4.30. The first-order valence-electron chi connectivity index (χ1n) is 12.7. The zero-order valence-electron chi connectivity index (χ0n) is 21.2. The maximum atomic E-state index is 14.2. The number of benzene rings is 1. The van der Waals surface area contributed by atoms with E-state index in [1.54, 1.807) is 12.3 Å². The number of methoxy groups -OCH3 is 1. The molecule has 188 valence electrons. The Labute approximate surface area is 211 Å². The van der Waals surface area contributed by atoms with Crippen LogP contribution in [0.4, 0.5) is 10.1 Å². The van der Waals surface area contributed by atoms with Gasteiger partial charge in [-0.2, -0.15) is 5.10 Å². The lowest BCUT2D eigenvalue weighted by molar-refractivity contribution is 0.0346. The van der Waals surface area contributed by atoms with Gasteiger partial charge < -0.3 is 14.5 Å². The number of likely N-dealkylation sites (N-methyl/N-ethyl adjacent to an activating group) is 1. The van der Waals surface area contributed by atoms with Gasteiger partial charge in [0.2, 0.25) is 0 Å². The van der Waals surface area contributed by atoms with E-state index in [2.05, 4.69) is 57.1 Å². The van der Waals surface area contributed by atoms with Gasteiger partial charge in [-0.15, -0.1) is 0 Å². The van der Waals surface area contributed by atoms with Crippen LogP contribution in [0.2, 0.25) is 0 Å². The van der Waals surface area contributed by atoms with E-state index in [-0.39, 0.29) is 11.3 Å². The van der Waals surface area contributed by atoms with Gasteiger partial charge in [0.1, 0.15) is 0 Å². The van der Waals surface area contributed by atoms with Crippen LogP contribution in [0.5, 0.6) is 5.75 Å². The Balaban J connectivity index is 1.26. The van der Waals surface area contributed by atoms with E-state index in [4.69, 9.17) is 4.74 Å². The summed E-state index contributed by atoms with van der Waals surface area (Å²) in [4.78, 5) is 12.0. The van der Waals surface area contributed by atoms with E-state index in [1.165, 1.54) is 31.7 Å². The first-order chi connectivity index (χ1) is 17.4. The van der Waals surface area contributed by atoms with Crippen molar-refractivity contribution in [2.75, 3.05) is 58.3 Å². The quantitative estimate of drug-likeness (QED) is 0.427. The van der Waals surface area contributed by atoms with Crippen LogP contribution in [0.1, 0.15) is 19.8 Å². The molecule has 2 fully saturated rings. The van der Waals surface area contributed by atoms with Crippen LogP contribution in [0.15, 0.2) is 48.9 Å². The molecule has 0 amide bonds. The molecule has 0 aliphatic carbocycles.